The Morgan fingerprint density at radius 3 is 2.57 bits per heavy atom. The number of hydrogen-bond donors (Lipinski definition) is 1. The van der Waals surface area contributed by atoms with Crippen LogP contribution in [0.15, 0.2) is 40.8 Å². The average molecular weight is 291 g/mol. The number of hydrogen-bond acceptors (Lipinski definition) is 4. The van der Waals surface area contributed by atoms with Gasteiger partial charge in [0.1, 0.15) is 23.4 Å². The highest BCUT2D eigenvalue weighted by Gasteiger charge is 2.27. The number of nitrogens with one attached hydrogen (secondary N) is 1. The van der Waals surface area contributed by atoms with E-state index in [9.17, 15) is 9.18 Å². The third-order valence-corrected chi connectivity index (χ3v) is 3.26. The first-order valence-corrected chi connectivity index (χ1v) is 6.67. The molecule has 0 spiro atoms. The van der Waals surface area contributed by atoms with E-state index in [1.165, 1.54) is 13.2 Å². The van der Waals surface area contributed by atoms with Crippen LogP contribution in [0.3, 0.4) is 0 Å². The number of esters is 1. The molecule has 21 heavy (non-hydrogen) atoms. The third kappa shape index (κ3) is 3.49. The van der Waals surface area contributed by atoms with Gasteiger partial charge in [-0.25, -0.2) is 9.18 Å². The summed E-state index contributed by atoms with van der Waals surface area (Å²) in [5.74, 6) is 0.454. The highest BCUT2D eigenvalue weighted by Crippen LogP contribution is 2.23. The predicted molar refractivity (Wildman–Crippen MR) is 76.2 cm³/mol. The summed E-state index contributed by atoms with van der Waals surface area (Å²) in [4.78, 5) is 12.0. The molecule has 0 radical (unpaired) electrons. The number of benzene rings is 1. The first-order chi connectivity index (χ1) is 10.0. The lowest BCUT2D eigenvalue weighted by molar-refractivity contribution is -0.143. The van der Waals surface area contributed by atoms with Crippen molar-refractivity contribution in [1.29, 1.82) is 0 Å². The molecule has 0 amide bonds. The number of aryl methyl sites for hydroxylation is 1. The maximum absolute atomic E-state index is 13.9. The fourth-order valence-corrected chi connectivity index (χ4v) is 2.13. The normalized spacial score (nSPS) is 13.7. The first kappa shape index (κ1) is 15.3. The standard InChI is InChI=1S/C16H18FNO3/c1-10-8-9-14(21-10)11(2)18-15(16(19)20-3)12-6-4-5-7-13(12)17/h4-9,11,15,18H,1-3H3/t11-,15-/m1/s1. The molecule has 0 saturated heterocycles. The van der Waals surface area contributed by atoms with E-state index < -0.39 is 17.8 Å². The van der Waals surface area contributed by atoms with Crippen molar-refractivity contribution in [3.8, 4) is 0 Å². The second-order valence-electron chi connectivity index (χ2n) is 4.81. The summed E-state index contributed by atoms with van der Waals surface area (Å²) in [6.07, 6.45) is 0. The Hall–Kier alpha value is -2.14. The Balaban J connectivity index is 2.25. The molecule has 1 aromatic carbocycles. The van der Waals surface area contributed by atoms with Crippen molar-refractivity contribution in [1.82, 2.24) is 5.32 Å². The molecule has 0 aliphatic carbocycles. The van der Waals surface area contributed by atoms with Crippen molar-refractivity contribution >= 4 is 5.97 Å². The van der Waals surface area contributed by atoms with Crippen LogP contribution in [0.5, 0.6) is 0 Å². The number of carbonyl (C=O) groups excluding carboxylic acids is 1. The summed E-state index contributed by atoms with van der Waals surface area (Å²) in [6, 6.07) is 8.63. The zero-order valence-corrected chi connectivity index (χ0v) is 12.2. The second kappa shape index (κ2) is 6.54. The highest BCUT2D eigenvalue weighted by atomic mass is 19.1. The molecule has 2 aromatic rings. The lowest BCUT2D eigenvalue weighted by Crippen LogP contribution is -2.32. The van der Waals surface area contributed by atoms with E-state index in [1.54, 1.807) is 18.2 Å². The molecule has 1 N–H and O–H groups in total. The van der Waals surface area contributed by atoms with Crippen molar-refractivity contribution in [3.63, 3.8) is 0 Å². The number of rotatable bonds is 5. The van der Waals surface area contributed by atoms with E-state index in [1.807, 2.05) is 26.0 Å². The van der Waals surface area contributed by atoms with E-state index in [4.69, 9.17) is 9.15 Å². The van der Waals surface area contributed by atoms with Gasteiger partial charge in [0.25, 0.3) is 0 Å². The summed E-state index contributed by atoms with van der Waals surface area (Å²) in [5, 5.41) is 3.05. The highest BCUT2D eigenvalue weighted by molar-refractivity contribution is 5.77. The second-order valence-corrected chi connectivity index (χ2v) is 4.81. The molecule has 2 atom stereocenters. The Kier molecular flexibility index (Phi) is 4.75. The van der Waals surface area contributed by atoms with Crippen molar-refractivity contribution in [2.24, 2.45) is 0 Å². The number of ether oxygens (including phenoxy) is 1. The smallest absolute Gasteiger partial charge is 0.327 e. The maximum Gasteiger partial charge on any atom is 0.327 e. The number of carbonyl (C=O) groups is 1. The maximum atomic E-state index is 13.9. The van der Waals surface area contributed by atoms with Crippen LogP contribution in [0, 0.1) is 12.7 Å². The van der Waals surface area contributed by atoms with Gasteiger partial charge >= 0.3 is 5.97 Å². The Bertz CT molecular complexity index is 623. The zero-order valence-electron chi connectivity index (χ0n) is 12.2. The van der Waals surface area contributed by atoms with Crippen LogP contribution in [0.1, 0.15) is 36.1 Å². The van der Waals surface area contributed by atoms with Gasteiger partial charge in [-0.2, -0.15) is 0 Å². The summed E-state index contributed by atoms with van der Waals surface area (Å²) < 4.78 is 24.2. The van der Waals surface area contributed by atoms with Gasteiger partial charge in [0.15, 0.2) is 0 Å². The van der Waals surface area contributed by atoms with E-state index in [0.29, 0.717) is 5.76 Å². The van der Waals surface area contributed by atoms with Gasteiger partial charge in [0.05, 0.1) is 13.2 Å². The van der Waals surface area contributed by atoms with Gasteiger partial charge in [0, 0.05) is 5.56 Å². The van der Waals surface area contributed by atoms with Crippen LogP contribution < -0.4 is 5.32 Å². The monoisotopic (exact) mass is 291 g/mol. The molecule has 112 valence electrons. The predicted octanol–water partition coefficient (Wildman–Crippen LogP) is 3.29. The largest absolute Gasteiger partial charge is 0.468 e. The van der Waals surface area contributed by atoms with Gasteiger partial charge in [0.2, 0.25) is 0 Å². The van der Waals surface area contributed by atoms with Crippen LogP contribution in [0.25, 0.3) is 0 Å². The Labute approximate surface area is 122 Å². The van der Waals surface area contributed by atoms with E-state index in [2.05, 4.69) is 5.32 Å². The number of methoxy groups -OCH3 is 1. The Morgan fingerprint density at radius 2 is 2.00 bits per heavy atom. The molecule has 0 aliphatic rings. The van der Waals surface area contributed by atoms with Gasteiger partial charge in [-0.1, -0.05) is 18.2 Å². The molecule has 2 rings (SSSR count). The van der Waals surface area contributed by atoms with Crippen LogP contribution in [0.4, 0.5) is 4.39 Å². The van der Waals surface area contributed by atoms with Crippen LogP contribution in [0.2, 0.25) is 0 Å². The molecule has 1 heterocycles. The van der Waals surface area contributed by atoms with Gasteiger partial charge < -0.3 is 9.15 Å². The number of furan rings is 1. The molecular formula is C16H18FNO3. The lowest BCUT2D eigenvalue weighted by Gasteiger charge is -2.21. The first-order valence-electron chi connectivity index (χ1n) is 6.67. The zero-order chi connectivity index (χ0) is 15.4. The molecule has 0 bridgehead atoms. The van der Waals surface area contributed by atoms with Crippen LogP contribution >= 0.6 is 0 Å². The van der Waals surface area contributed by atoms with Crippen molar-refractivity contribution < 1.29 is 18.3 Å². The van der Waals surface area contributed by atoms with Gasteiger partial charge in [-0.05, 0) is 32.0 Å². The molecule has 0 saturated carbocycles. The van der Waals surface area contributed by atoms with E-state index in [0.717, 1.165) is 5.76 Å². The fourth-order valence-electron chi connectivity index (χ4n) is 2.13. The quantitative estimate of drug-likeness (QED) is 0.859. The molecule has 0 unspecified atom stereocenters. The van der Waals surface area contributed by atoms with Gasteiger partial charge in [-0.15, -0.1) is 0 Å². The summed E-state index contributed by atoms with van der Waals surface area (Å²) >= 11 is 0. The number of halogens is 1. The lowest BCUT2D eigenvalue weighted by atomic mass is 10.0. The summed E-state index contributed by atoms with van der Waals surface area (Å²) in [7, 11) is 1.28. The van der Waals surface area contributed by atoms with Crippen LogP contribution in [-0.4, -0.2) is 13.1 Å². The molecular weight excluding hydrogens is 273 g/mol. The van der Waals surface area contributed by atoms with E-state index in [-0.39, 0.29) is 11.6 Å². The van der Waals surface area contributed by atoms with E-state index >= 15 is 0 Å². The summed E-state index contributed by atoms with van der Waals surface area (Å²) in [5.41, 5.74) is 0.250. The Morgan fingerprint density at radius 1 is 1.29 bits per heavy atom. The molecule has 0 fully saturated rings. The topological polar surface area (TPSA) is 51.5 Å². The minimum atomic E-state index is -0.892. The minimum Gasteiger partial charge on any atom is -0.468 e. The van der Waals surface area contributed by atoms with Crippen molar-refractivity contribution in [2.45, 2.75) is 25.9 Å². The van der Waals surface area contributed by atoms with Crippen LogP contribution in [-0.2, 0) is 9.53 Å². The van der Waals surface area contributed by atoms with Gasteiger partial charge in [-0.3, -0.25) is 5.32 Å². The van der Waals surface area contributed by atoms with Crippen molar-refractivity contribution in [3.05, 3.63) is 59.3 Å². The molecule has 0 aliphatic heterocycles. The third-order valence-electron chi connectivity index (χ3n) is 3.26. The fraction of sp³-hybridized carbons (Fsp3) is 0.312. The molecule has 5 heteroatoms. The van der Waals surface area contributed by atoms with Crippen molar-refractivity contribution in [2.75, 3.05) is 7.11 Å². The SMILES string of the molecule is COC(=O)[C@H](N[C@H](C)c1ccc(C)o1)c1ccccc1F. The minimum absolute atomic E-state index is 0.250. The average Bonchev–Trinajstić information content (AvgIpc) is 2.91. The molecule has 4 nitrogen and oxygen atoms in total. The summed E-state index contributed by atoms with van der Waals surface area (Å²) in [6.45, 7) is 3.68. The molecule has 1 aromatic heterocycles.